The highest BCUT2D eigenvalue weighted by molar-refractivity contribution is 5.87. The minimum Gasteiger partial charge on any atom is -0.480 e. The zero-order chi connectivity index (χ0) is 21.5. The number of likely N-dealkylation sites (tertiary alicyclic amines) is 1. The predicted molar refractivity (Wildman–Crippen MR) is 112 cm³/mol. The Bertz CT molecular complexity index is 738. The van der Waals surface area contributed by atoms with Crippen molar-refractivity contribution in [1.82, 2.24) is 10.2 Å². The summed E-state index contributed by atoms with van der Waals surface area (Å²) in [5.74, 6) is -1.23. The van der Waals surface area contributed by atoms with Crippen LogP contribution in [0.2, 0.25) is 0 Å². The summed E-state index contributed by atoms with van der Waals surface area (Å²) < 4.78 is 5.25. The van der Waals surface area contributed by atoms with Gasteiger partial charge in [0.1, 0.15) is 12.6 Å². The van der Waals surface area contributed by atoms with Crippen LogP contribution in [0, 0.1) is 5.92 Å². The Morgan fingerprint density at radius 2 is 1.97 bits per heavy atom. The molecule has 2 fully saturated rings. The number of hydrogen-bond acceptors (Lipinski definition) is 5. The van der Waals surface area contributed by atoms with Gasteiger partial charge in [-0.25, -0.2) is 0 Å². The van der Waals surface area contributed by atoms with Crippen LogP contribution in [0.15, 0.2) is 30.3 Å². The quantitative estimate of drug-likeness (QED) is 0.600. The third kappa shape index (κ3) is 5.59. The predicted octanol–water partition coefficient (Wildman–Crippen LogP) is 2.38. The van der Waals surface area contributed by atoms with E-state index >= 15 is 0 Å². The maximum Gasteiger partial charge on any atom is 0.323 e. The molecule has 0 spiro atoms. The standard InChI is InChI=1S/C23H32N2O5/c1-2-30-23(29)19(13-11-16-7-4-3-5-8-16)24-18-14-12-17-9-6-10-20(17)25(22(18)28)15-21(26)27/h3-5,7-8,17-20,24H,2,6,9-15H2,1H3,(H,26,27)/t17-,18+,19+,20+/m1/s1. The molecule has 1 aromatic carbocycles. The monoisotopic (exact) mass is 416 g/mol. The Morgan fingerprint density at radius 3 is 2.67 bits per heavy atom. The number of aryl methyl sites for hydroxylation is 1. The van der Waals surface area contributed by atoms with Crippen molar-refractivity contribution in [3.05, 3.63) is 35.9 Å². The van der Waals surface area contributed by atoms with Gasteiger partial charge in [-0.1, -0.05) is 36.8 Å². The molecule has 1 heterocycles. The second-order valence-electron chi connectivity index (χ2n) is 8.24. The molecule has 0 radical (unpaired) electrons. The van der Waals surface area contributed by atoms with Crippen LogP contribution in [0.1, 0.15) is 51.0 Å². The number of rotatable bonds is 9. The normalized spacial score (nSPS) is 24.8. The minimum atomic E-state index is -0.999. The number of carbonyl (C=O) groups excluding carboxylic acids is 2. The molecule has 30 heavy (non-hydrogen) atoms. The van der Waals surface area contributed by atoms with Crippen molar-refractivity contribution in [2.24, 2.45) is 5.92 Å². The number of hydrogen-bond donors (Lipinski definition) is 2. The molecule has 2 N–H and O–H groups in total. The van der Waals surface area contributed by atoms with Gasteiger partial charge >= 0.3 is 11.9 Å². The molecule has 164 valence electrons. The molecule has 1 aromatic rings. The zero-order valence-corrected chi connectivity index (χ0v) is 17.6. The SMILES string of the molecule is CCOC(=O)[C@H](CCc1ccccc1)N[C@H]1CC[C@H]2CCC[C@@H]2N(CC(=O)O)C1=O. The molecule has 4 atom stereocenters. The molecular weight excluding hydrogens is 384 g/mol. The fourth-order valence-electron chi connectivity index (χ4n) is 4.84. The number of esters is 1. The Labute approximate surface area is 177 Å². The lowest BCUT2D eigenvalue weighted by Gasteiger charge is -2.31. The highest BCUT2D eigenvalue weighted by Gasteiger charge is 2.42. The van der Waals surface area contributed by atoms with Gasteiger partial charge in [-0.05, 0) is 56.9 Å². The van der Waals surface area contributed by atoms with Crippen LogP contribution in [-0.2, 0) is 25.5 Å². The first kappa shape index (κ1) is 22.3. The summed E-state index contributed by atoms with van der Waals surface area (Å²) in [6, 6.07) is 8.69. The summed E-state index contributed by atoms with van der Waals surface area (Å²) in [7, 11) is 0. The molecule has 3 rings (SSSR count). The van der Waals surface area contributed by atoms with E-state index < -0.39 is 18.1 Å². The second kappa shape index (κ2) is 10.6. The number of carbonyl (C=O) groups is 3. The molecule has 7 heteroatoms. The largest absolute Gasteiger partial charge is 0.480 e. The van der Waals surface area contributed by atoms with Crippen LogP contribution in [0.25, 0.3) is 0 Å². The summed E-state index contributed by atoms with van der Waals surface area (Å²) in [4.78, 5) is 38.8. The van der Waals surface area contributed by atoms with Gasteiger partial charge in [0.25, 0.3) is 0 Å². The molecule has 0 bridgehead atoms. The molecule has 1 aliphatic heterocycles. The van der Waals surface area contributed by atoms with Gasteiger partial charge in [-0.3, -0.25) is 19.7 Å². The topological polar surface area (TPSA) is 95.9 Å². The van der Waals surface area contributed by atoms with E-state index in [1.54, 1.807) is 6.92 Å². The van der Waals surface area contributed by atoms with E-state index in [1.807, 2.05) is 30.3 Å². The molecule has 1 saturated carbocycles. The van der Waals surface area contributed by atoms with Crippen molar-refractivity contribution >= 4 is 17.8 Å². The van der Waals surface area contributed by atoms with Crippen LogP contribution < -0.4 is 5.32 Å². The van der Waals surface area contributed by atoms with Crippen LogP contribution in [0.3, 0.4) is 0 Å². The number of nitrogens with one attached hydrogen (secondary N) is 1. The summed E-state index contributed by atoms with van der Waals surface area (Å²) in [6.45, 7) is 1.75. The van der Waals surface area contributed by atoms with Crippen molar-refractivity contribution in [2.45, 2.75) is 70.0 Å². The summed E-state index contributed by atoms with van der Waals surface area (Å²) in [5, 5.41) is 12.6. The Kier molecular flexibility index (Phi) is 7.85. The first-order valence-corrected chi connectivity index (χ1v) is 11.0. The fraction of sp³-hybridized carbons (Fsp3) is 0.609. The van der Waals surface area contributed by atoms with E-state index in [0.717, 1.165) is 31.2 Å². The number of benzene rings is 1. The van der Waals surface area contributed by atoms with Gasteiger partial charge in [-0.15, -0.1) is 0 Å². The van der Waals surface area contributed by atoms with Gasteiger partial charge in [0.2, 0.25) is 5.91 Å². The number of ether oxygens (including phenoxy) is 1. The van der Waals surface area contributed by atoms with E-state index in [0.29, 0.717) is 25.2 Å². The molecule has 0 aromatic heterocycles. The number of aliphatic carboxylic acids is 1. The Hall–Kier alpha value is -2.41. The van der Waals surface area contributed by atoms with Gasteiger partial charge in [0.05, 0.1) is 12.6 Å². The summed E-state index contributed by atoms with van der Waals surface area (Å²) in [5.41, 5.74) is 1.11. The van der Waals surface area contributed by atoms with Crippen LogP contribution in [0.5, 0.6) is 0 Å². The molecule has 1 saturated heterocycles. The molecule has 1 aliphatic carbocycles. The maximum atomic E-state index is 13.3. The zero-order valence-electron chi connectivity index (χ0n) is 17.6. The lowest BCUT2D eigenvalue weighted by atomic mass is 9.97. The maximum absolute atomic E-state index is 13.3. The van der Waals surface area contributed by atoms with E-state index in [9.17, 15) is 19.5 Å². The summed E-state index contributed by atoms with van der Waals surface area (Å²) in [6.07, 6.45) is 5.57. The van der Waals surface area contributed by atoms with E-state index in [4.69, 9.17) is 4.74 Å². The first-order valence-electron chi connectivity index (χ1n) is 11.0. The minimum absolute atomic E-state index is 0.00855. The van der Waals surface area contributed by atoms with Crippen LogP contribution in [-0.4, -0.2) is 59.1 Å². The molecule has 2 aliphatic rings. The number of amides is 1. The van der Waals surface area contributed by atoms with Gasteiger partial charge in [0.15, 0.2) is 0 Å². The van der Waals surface area contributed by atoms with Gasteiger partial charge < -0.3 is 14.7 Å². The highest BCUT2D eigenvalue weighted by atomic mass is 16.5. The smallest absolute Gasteiger partial charge is 0.323 e. The van der Waals surface area contributed by atoms with Crippen molar-refractivity contribution in [2.75, 3.05) is 13.2 Å². The molecule has 7 nitrogen and oxygen atoms in total. The average molecular weight is 417 g/mol. The lowest BCUT2D eigenvalue weighted by molar-refractivity contribution is -0.149. The highest BCUT2D eigenvalue weighted by Crippen LogP contribution is 2.36. The van der Waals surface area contributed by atoms with E-state index in [-0.39, 0.29) is 31.1 Å². The van der Waals surface area contributed by atoms with Crippen molar-refractivity contribution in [3.63, 3.8) is 0 Å². The molecule has 1 amide bonds. The number of nitrogens with zero attached hydrogens (tertiary/aromatic N) is 1. The molecule has 0 unspecified atom stereocenters. The summed E-state index contributed by atoms with van der Waals surface area (Å²) >= 11 is 0. The Balaban J connectivity index is 1.73. The number of carboxylic acids is 1. The fourth-order valence-corrected chi connectivity index (χ4v) is 4.84. The first-order chi connectivity index (χ1) is 14.5. The number of carboxylic acid groups (broad SMARTS) is 1. The third-order valence-corrected chi connectivity index (χ3v) is 6.27. The van der Waals surface area contributed by atoms with Crippen molar-refractivity contribution in [1.29, 1.82) is 0 Å². The molecular formula is C23H32N2O5. The van der Waals surface area contributed by atoms with E-state index in [2.05, 4.69) is 5.32 Å². The Morgan fingerprint density at radius 1 is 1.20 bits per heavy atom. The van der Waals surface area contributed by atoms with Crippen LogP contribution >= 0.6 is 0 Å². The van der Waals surface area contributed by atoms with Crippen molar-refractivity contribution < 1.29 is 24.2 Å². The second-order valence-corrected chi connectivity index (χ2v) is 8.24. The average Bonchev–Trinajstić information content (AvgIpc) is 3.16. The third-order valence-electron chi connectivity index (χ3n) is 6.27. The lowest BCUT2D eigenvalue weighted by Crippen LogP contribution is -2.54. The van der Waals surface area contributed by atoms with Gasteiger partial charge in [-0.2, -0.15) is 0 Å². The van der Waals surface area contributed by atoms with Gasteiger partial charge in [0, 0.05) is 6.04 Å². The number of fused-ring (bicyclic) bond motifs is 1. The van der Waals surface area contributed by atoms with Crippen molar-refractivity contribution in [3.8, 4) is 0 Å². The van der Waals surface area contributed by atoms with E-state index in [1.165, 1.54) is 4.90 Å². The van der Waals surface area contributed by atoms with Crippen LogP contribution in [0.4, 0.5) is 0 Å².